The Morgan fingerprint density at radius 1 is 1.27 bits per heavy atom. The molecule has 0 aliphatic heterocycles. The first-order chi connectivity index (χ1) is 12.0. The molecule has 144 valence electrons. The van der Waals surface area contributed by atoms with Crippen molar-refractivity contribution in [3.63, 3.8) is 0 Å². The number of halogens is 1. The second kappa shape index (κ2) is 11.1. The highest BCUT2D eigenvalue weighted by Gasteiger charge is 2.08. The minimum absolute atomic E-state index is 0. The topological polar surface area (TPSA) is 71.7 Å². The van der Waals surface area contributed by atoms with Gasteiger partial charge < -0.3 is 19.9 Å². The Balaban J connectivity index is 0.00000338. The summed E-state index contributed by atoms with van der Waals surface area (Å²) in [5.41, 5.74) is 3.33. The summed E-state index contributed by atoms with van der Waals surface area (Å²) in [4.78, 5) is 4.23. The summed E-state index contributed by atoms with van der Waals surface area (Å²) < 4.78 is 10.7. The Labute approximate surface area is 172 Å². The highest BCUT2D eigenvalue weighted by atomic mass is 127. The van der Waals surface area contributed by atoms with Gasteiger partial charge in [-0.1, -0.05) is 31.1 Å². The molecule has 26 heavy (non-hydrogen) atoms. The van der Waals surface area contributed by atoms with Gasteiger partial charge in [-0.3, -0.25) is 4.99 Å². The summed E-state index contributed by atoms with van der Waals surface area (Å²) in [7, 11) is 3.45. The summed E-state index contributed by atoms with van der Waals surface area (Å²) >= 11 is 0. The first kappa shape index (κ1) is 22.3. The van der Waals surface area contributed by atoms with Crippen LogP contribution in [0.2, 0.25) is 0 Å². The Morgan fingerprint density at radius 3 is 2.65 bits per heavy atom. The Hall–Kier alpha value is -1.77. The number of ether oxygens (including phenoxy) is 1. The van der Waals surface area contributed by atoms with Gasteiger partial charge in [-0.15, -0.1) is 24.0 Å². The number of methoxy groups -OCH3 is 1. The van der Waals surface area contributed by atoms with E-state index in [0.717, 1.165) is 41.7 Å². The van der Waals surface area contributed by atoms with Gasteiger partial charge in [-0.25, -0.2) is 0 Å². The number of nitrogens with zero attached hydrogens (tertiary/aromatic N) is 2. The van der Waals surface area contributed by atoms with Crippen LogP contribution in [0, 0.1) is 6.92 Å². The fourth-order valence-corrected chi connectivity index (χ4v) is 2.42. The summed E-state index contributed by atoms with van der Waals surface area (Å²) in [6, 6.07) is 8.26. The summed E-state index contributed by atoms with van der Waals surface area (Å²) in [5.74, 6) is 2.82. The van der Waals surface area contributed by atoms with Crippen molar-refractivity contribution in [1.82, 2.24) is 15.8 Å². The normalized spacial score (nSPS) is 11.2. The monoisotopic (exact) mass is 472 g/mol. The van der Waals surface area contributed by atoms with E-state index >= 15 is 0 Å². The molecule has 2 rings (SSSR count). The van der Waals surface area contributed by atoms with E-state index in [2.05, 4.69) is 52.8 Å². The van der Waals surface area contributed by atoms with Gasteiger partial charge >= 0.3 is 0 Å². The van der Waals surface area contributed by atoms with Crippen molar-refractivity contribution in [2.75, 3.05) is 20.7 Å². The lowest BCUT2D eigenvalue weighted by molar-refractivity contribution is 0.372. The van der Waals surface area contributed by atoms with Crippen LogP contribution in [0.4, 0.5) is 0 Å². The van der Waals surface area contributed by atoms with E-state index in [0.29, 0.717) is 12.5 Å². The number of aryl methyl sites for hydroxylation is 1. The molecule has 0 fully saturated rings. The van der Waals surface area contributed by atoms with Crippen LogP contribution >= 0.6 is 24.0 Å². The third kappa shape index (κ3) is 6.51. The molecule has 0 unspecified atom stereocenters. The number of rotatable bonds is 7. The van der Waals surface area contributed by atoms with Crippen molar-refractivity contribution in [1.29, 1.82) is 0 Å². The van der Waals surface area contributed by atoms with Gasteiger partial charge in [0.15, 0.2) is 11.7 Å². The molecule has 0 spiro atoms. The van der Waals surface area contributed by atoms with Crippen LogP contribution in [0.25, 0.3) is 0 Å². The van der Waals surface area contributed by atoms with E-state index < -0.39 is 0 Å². The highest BCUT2D eigenvalue weighted by molar-refractivity contribution is 14.0. The molecule has 7 heteroatoms. The van der Waals surface area contributed by atoms with Crippen LogP contribution in [0.5, 0.6) is 5.75 Å². The zero-order valence-corrected chi connectivity index (χ0v) is 18.5. The molecule has 0 aliphatic carbocycles. The third-order valence-electron chi connectivity index (χ3n) is 4.00. The fraction of sp³-hybridized carbons (Fsp3) is 0.474. The first-order valence-electron chi connectivity index (χ1n) is 8.57. The molecule has 0 amide bonds. The smallest absolute Gasteiger partial charge is 0.191 e. The second-order valence-corrected chi connectivity index (χ2v) is 6.28. The van der Waals surface area contributed by atoms with Crippen LogP contribution in [-0.4, -0.2) is 31.8 Å². The average molecular weight is 472 g/mol. The zero-order valence-electron chi connectivity index (χ0n) is 16.1. The lowest BCUT2D eigenvalue weighted by atomic mass is 10.1. The molecule has 0 bridgehead atoms. The maximum Gasteiger partial charge on any atom is 0.191 e. The minimum atomic E-state index is 0. The maximum absolute atomic E-state index is 5.37. The van der Waals surface area contributed by atoms with Crippen LogP contribution in [0.15, 0.2) is 33.8 Å². The van der Waals surface area contributed by atoms with E-state index in [1.165, 1.54) is 5.56 Å². The second-order valence-electron chi connectivity index (χ2n) is 6.28. The predicted molar refractivity (Wildman–Crippen MR) is 116 cm³/mol. The molecule has 0 saturated carbocycles. The molecular weight excluding hydrogens is 443 g/mol. The van der Waals surface area contributed by atoms with Crippen molar-refractivity contribution in [3.05, 3.63) is 46.8 Å². The number of aromatic nitrogens is 1. The Kier molecular flexibility index (Phi) is 9.47. The van der Waals surface area contributed by atoms with Crippen LogP contribution < -0.4 is 15.4 Å². The van der Waals surface area contributed by atoms with Crippen molar-refractivity contribution in [2.24, 2.45) is 4.99 Å². The van der Waals surface area contributed by atoms with E-state index in [-0.39, 0.29) is 24.0 Å². The summed E-state index contributed by atoms with van der Waals surface area (Å²) in [6.07, 6.45) is 0.886. The van der Waals surface area contributed by atoms with Crippen molar-refractivity contribution in [2.45, 2.75) is 39.7 Å². The molecule has 1 heterocycles. The van der Waals surface area contributed by atoms with Crippen molar-refractivity contribution >= 4 is 29.9 Å². The summed E-state index contributed by atoms with van der Waals surface area (Å²) in [6.45, 7) is 7.56. The number of nitrogens with one attached hydrogen (secondary N) is 2. The van der Waals surface area contributed by atoms with E-state index in [1.807, 2.05) is 13.0 Å². The number of guanidine groups is 1. The standard InChI is InChI=1S/C19H28N4O2.HI/c1-13(2)17-11-16(25-23-17)12-22-19(20-4)21-9-8-15-7-6-14(3)18(10-15)24-5;/h6-7,10-11,13H,8-9,12H2,1-5H3,(H2,20,21,22);1H. The van der Waals surface area contributed by atoms with Crippen LogP contribution in [0.1, 0.15) is 42.3 Å². The molecule has 2 N–H and O–H groups in total. The molecular formula is C19H29IN4O2. The van der Waals surface area contributed by atoms with Crippen molar-refractivity contribution in [3.8, 4) is 5.75 Å². The van der Waals surface area contributed by atoms with Gasteiger partial charge in [0, 0.05) is 19.7 Å². The molecule has 0 saturated heterocycles. The molecule has 1 aromatic heterocycles. The molecule has 0 atom stereocenters. The van der Waals surface area contributed by atoms with Crippen molar-refractivity contribution < 1.29 is 9.26 Å². The Bertz CT molecular complexity index is 713. The Morgan fingerprint density at radius 2 is 2.04 bits per heavy atom. The predicted octanol–water partition coefficient (Wildman–Crippen LogP) is 3.64. The number of benzene rings is 1. The number of aliphatic imine (C=N–C) groups is 1. The molecule has 1 aromatic carbocycles. The van der Waals surface area contributed by atoms with Crippen LogP contribution in [-0.2, 0) is 13.0 Å². The summed E-state index contributed by atoms with van der Waals surface area (Å²) in [5, 5.41) is 10.6. The SMILES string of the molecule is CN=C(NCCc1ccc(C)c(OC)c1)NCc1cc(C(C)C)no1.I. The maximum atomic E-state index is 5.37. The van der Waals surface area contributed by atoms with Gasteiger partial charge in [-0.05, 0) is 36.5 Å². The first-order valence-corrected chi connectivity index (χ1v) is 8.57. The molecule has 6 nitrogen and oxygen atoms in total. The van der Waals surface area contributed by atoms with Gasteiger partial charge in [0.1, 0.15) is 5.75 Å². The number of hydrogen-bond donors (Lipinski definition) is 2. The third-order valence-corrected chi connectivity index (χ3v) is 4.00. The van der Waals surface area contributed by atoms with Gasteiger partial charge in [-0.2, -0.15) is 0 Å². The lowest BCUT2D eigenvalue weighted by Crippen LogP contribution is -2.37. The van der Waals surface area contributed by atoms with E-state index in [9.17, 15) is 0 Å². The molecule has 0 aliphatic rings. The molecule has 2 aromatic rings. The van der Waals surface area contributed by atoms with Gasteiger partial charge in [0.2, 0.25) is 0 Å². The minimum Gasteiger partial charge on any atom is -0.496 e. The molecule has 0 radical (unpaired) electrons. The lowest BCUT2D eigenvalue weighted by Gasteiger charge is -2.11. The quantitative estimate of drug-likeness (QED) is 0.366. The zero-order chi connectivity index (χ0) is 18.2. The highest BCUT2D eigenvalue weighted by Crippen LogP contribution is 2.19. The number of hydrogen-bond acceptors (Lipinski definition) is 4. The van der Waals surface area contributed by atoms with Gasteiger partial charge in [0.25, 0.3) is 0 Å². The van der Waals surface area contributed by atoms with E-state index in [4.69, 9.17) is 9.26 Å². The fourth-order valence-electron chi connectivity index (χ4n) is 2.42. The average Bonchev–Trinajstić information content (AvgIpc) is 3.08. The van der Waals surface area contributed by atoms with Gasteiger partial charge in [0.05, 0.1) is 19.3 Å². The van der Waals surface area contributed by atoms with Crippen LogP contribution in [0.3, 0.4) is 0 Å². The largest absolute Gasteiger partial charge is 0.496 e. The van der Waals surface area contributed by atoms with E-state index in [1.54, 1.807) is 14.2 Å².